The lowest BCUT2D eigenvalue weighted by Crippen LogP contribution is -2.32. The van der Waals surface area contributed by atoms with Crippen LogP contribution in [0.4, 0.5) is 0 Å². The number of ether oxygens (including phenoxy) is 1. The van der Waals surface area contributed by atoms with Gasteiger partial charge in [0.05, 0.1) is 5.92 Å². The Morgan fingerprint density at radius 3 is 2.28 bits per heavy atom. The summed E-state index contributed by atoms with van der Waals surface area (Å²) in [6, 6.07) is 7.25. The molecular weight excluding hydrogens is 338 g/mol. The molecule has 0 saturated heterocycles. The summed E-state index contributed by atoms with van der Waals surface area (Å²) in [5.74, 6) is 0.0579. The Morgan fingerprint density at radius 2 is 1.72 bits per heavy atom. The summed E-state index contributed by atoms with van der Waals surface area (Å²) in [6.07, 6.45) is 3.80. The Hall–Kier alpha value is -1.55. The molecule has 0 radical (unpaired) electrons. The first-order valence-electron chi connectivity index (χ1n) is 8.93. The highest BCUT2D eigenvalue weighted by Gasteiger charge is 2.33. The first-order valence-corrected chi connectivity index (χ1v) is 9.31. The lowest BCUT2D eigenvalue weighted by atomic mass is 9.70. The van der Waals surface area contributed by atoms with Gasteiger partial charge in [0.15, 0.2) is 6.61 Å². The second kappa shape index (κ2) is 8.70. The minimum absolute atomic E-state index is 0.0670. The fourth-order valence-corrected chi connectivity index (χ4v) is 3.43. The van der Waals surface area contributed by atoms with Crippen molar-refractivity contribution in [2.75, 3.05) is 6.61 Å². The maximum Gasteiger partial charge on any atom is 0.309 e. The summed E-state index contributed by atoms with van der Waals surface area (Å²) in [7, 11) is 0. The first-order chi connectivity index (χ1) is 11.8. The van der Waals surface area contributed by atoms with Crippen molar-refractivity contribution in [2.45, 2.75) is 53.0 Å². The summed E-state index contributed by atoms with van der Waals surface area (Å²) in [5.41, 5.74) is 1.24. The molecule has 2 rings (SSSR count). The summed E-state index contributed by atoms with van der Waals surface area (Å²) in [5, 5.41) is 3.40. The first kappa shape index (κ1) is 19.8. The van der Waals surface area contributed by atoms with Crippen LogP contribution in [0.2, 0.25) is 5.02 Å². The number of hydrogen-bond donors (Lipinski definition) is 1. The van der Waals surface area contributed by atoms with Crippen LogP contribution in [0.1, 0.15) is 52.0 Å². The van der Waals surface area contributed by atoms with Crippen molar-refractivity contribution >= 4 is 23.5 Å². The molecule has 0 atom stereocenters. The fourth-order valence-electron chi connectivity index (χ4n) is 3.30. The van der Waals surface area contributed by atoms with Gasteiger partial charge in [0.2, 0.25) is 0 Å². The van der Waals surface area contributed by atoms with Gasteiger partial charge in [-0.05, 0) is 54.7 Å². The number of esters is 1. The van der Waals surface area contributed by atoms with Gasteiger partial charge in [-0.25, -0.2) is 0 Å². The van der Waals surface area contributed by atoms with E-state index in [2.05, 4.69) is 26.1 Å². The van der Waals surface area contributed by atoms with Crippen molar-refractivity contribution in [1.82, 2.24) is 5.32 Å². The molecule has 0 aromatic heterocycles. The average Bonchev–Trinajstić information content (AvgIpc) is 2.58. The van der Waals surface area contributed by atoms with E-state index in [1.165, 1.54) is 0 Å². The number of benzene rings is 1. The quantitative estimate of drug-likeness (QED) is 0.789. The van der Waals surface area contributed by atoms with Gasteiger partial charge in [0, 0.05) is 11.6 Å². The predicted octanol–water partition coefficient (Wildman–Crippen LogP) is 4.35. The van der Waals surface area contributed by atoms with Gasteiger partial charge in [-0.2, -0.15) is 0 Å². The number of hydrogen-bond acceptors (Lipinski definition) is 3. The number of rotatable bonds is 5. The van der Waals surface area contributed by atoms with E-state index < -0.39 is 0 Å². The molecule has 4 nitrogen and oxygen atoms in total. The van der Waals surface area contributed by atoms with Gasteiger partial charge >= 0.3 is 5.97 Å². The Balaban J connectivity index is 1.68. The standard InChI is InChI=1S/C20H28ClNO3/c1-20(2,3)16-8-6-15(7-9-16)19(24)25-13-18(23)22-12-14-4-10-17(21)11-5-14/h4-5,10-11,15-16H,6-9,12-13H2,1-3H3,(H,22,23). The van der Waals surface area contributed by atoms with E-state index >= 15 is 0 Å². The molecule has 1 aromatic carbocycles. The molecule has 1 aliphatic carbocycles. The molecule has 1 fully saturated rings. The Morgan fingerprint density at radius 1 is 1.12 bits per heavy atom. The Bertz CT molecular complexity index is 584. The van der Waals surface area contributed by atoms with Crippen LogP contribution < -0.4 is 5.32 Å². The SMILES string of the molecule is CC(C)(C)C1CCC(C(=O)OCC(=O)NCc2ccc(Cl)cc2)CC1. The third-order valence-electron chi connectivity index (χ3n) is 5.03. The molecule has 0 unspecified atom stereocenters. The molecular formula is C20H28ClNO3. The largest absolute Gasteiger partial charge is 0.455 e. The number of halogens is 1. The van der Waals surface area contributed by atoms with E-state index in [1.807, 2.05) is 12.1 Å². The van der Waals surface area contributed by atoms with Crippen LogP contribution in [0.15, 0.2) is 24.3 Å². The molecule has 138 valence electrons. The Kier molecular flexibility index (Phi) is 6.88. The lowest BCUT2D eigenvalue weighted by Gasteiger charge is -2.36. The number of amides is 1. The van der Waals surface area contributed by atoms with Crippen LogP contribution in [0, 0.1) is 17.3 Å². The highest BCUT2D eigenvalue weighted by molar-refractivity contribution is 6.30. The molecule has 0 spiro atoms. The molecule has 0 heterocycles. The van der Waals surface area contributed by atoms with Crippen molar-refractivity contribution in [1.29, 1.82) is 0 Å². The third-order valence-corrected chi connectivity index (χ3v) is 5.29. The van der Waals surface area contributed by atoms with Gasteiger partial charge in [-0.15, -0.1) is 0 Å². The van der Waals surface area contributed by atoms with Gasteiger partial charge in [0.1, 0.15) is 0 Å². The van der Waals surface area contributed by atoms with Gasteiger partial charge in [-0.3, -0.25) is 9.59 Å². The van der Waals surface area contributed by atoms with E-state index in [1.54, 1.807) is 12.1 Å². The van der Waals surface area contributed by atoms with E-state index in [0.717, 1.165) is 31.2 Å². The second-order valence-corrected chi connectivity index (χ2v) is 8.36. The van der Waals surface area contributed by atoms with E-state index in [0.29, 0.717) is 17.5 Å². The number of nitrogens with one attached hydrogen (secondary N) is 1. The molecule has 1 N–H and O–H groups in total. The van der Waals surface area contributed by atoms with Crippen LogP contribution >= 0.6 is 11.6 Å². The normalized spacial score (nSPS) is 20.8. The van der Waals surface area contributed by atoms with Crippen LogP contribution in [-0.2, 0) is 20.9 Å². The van der Waals surface area contributed by atoms with E-state index in [9.17, 15) is 9.59 Å². The highest BCUT2D eigenvalue weighted by atomic mass is 35.5. The van der Waals surface area contributed by atoms with Crippen LogP contribution in [0.5, 0.6) is 0 Å². The average molecular weight is 366 g/mol. The summed E-state index contributed by atoms with van der Waals surface area (Å²) in [4.78, 5) is 24.0. The van der Waals surface area contributed by atoms with Gasteiger partial charge in [-0.1, -0.05) is 44.5 Å². The Labute approximate surface area is 155 Å². The molecule has 1 saturated carbocycles. The maximum atomic E-state index is 12.2. The van der Waals surface area contributed by atoms with Crippen LogP contribution in [-0.4, -0.2) is 18.5 Å². The van der Waals surface area contributed by atoms with Crippen molar-refractivity contribution in [3.63, 3.8) is 0 Å². The van der Waals surface area contributed by atoms with Crippen molar-refractivity contribution < 1.29 is 14.3 Å². The predicted molar refractivity (Wildman–Crippen MR) is 99.2 cm³/mol. The minimum Gasteiger partial charge on any atom is -0.455 e. The number of carbonyl (C=O) groups excluding carboxylic acids is 2. The summed E-state index contributed by atoms with van der Waals surface area (Å²) in [6.45, 7) is 6.93. The monoisotopic (exact) mass is 365 g/mol. The van der Waals surface area contributed by atoms with Crippen molar-refractivity contribution in [3.05, 3.63) is 34.9 Å². The van der Waals surface area contributed by atoms with Crippen LogP contribution in [0.3, 0.4) is 0 Å². The fraction of sp³-hybridized carbons (Fsp3) is 0.600. The zero-order valence-corrected chi connectivity index (χ0v) is 16.1. The number of carbonyl (C=O) groups is 2. The van der Waals surface area contributed by atoms with Crippen molar-refractivity contribution in [2.24, 2.45) is 17.3 Å². The summed E-state index contributed by atoms with van der Waals surface area (Å²) >= 11 is 5.82. The van der Waals surface area contributed by atoms with E-state index in [-0.39, 0.29) is 29.8 Å². The minimum atomic E-state index is -0.285. The molecule has 5 heteroatoms. The van der Waals surface area contributed by atoms with Crippen molar-refractivity contribution in [3.8, 4) is 0 Å². The van der Waals surface area contributed by atoms with Crippen LogP contribution in [0.25, 0.3) is 0 Å². The van der Waals surface area contributed by atoms with E-state index in [4.69, 9.17) is 16.3 Å². The van der Waals surface area contributed by atoms with Gasteiger partial charge < -0.3 is 10.1 Å². The molecule has 1 aliphatic rings. The topological polar surface area (TPSA) is 55.4 Å². The molecule has 0 bridgehead atoms. The molecule has 0 aliphatic heterocycles. The zero-order valence-electron chi connectivity index (χ0n) is 15.3. The second-order valence-electron chi connectivity index (χ2n) is 7.93. The van der Waals surface area contributed by atoms with Gasteiger partial charge in [0.25, 0.3) is 5.91 Å². The zero-order chi connectivity index (χ0) is 18.4. The molecule has 25 heavy (non-hydrogen) atoms. The highest BCUT2D eigenvalue weighted by Crippen LogP contribution is 2.40. The molecule has 1 amide bonds. The lowest BCUT2D eigenvalue weighted by molar-refractivity contribution is -0.154. The summed E-state index contributed by atoms with van der Waals surface area (Å²) < 4.78 is 5.20. The maximum absolute atomic E-state index is 12.2. The molecule has 1 aromatic rings. The smallest absolute Gasteiger partial charge is 0.309 e. The third kappa shape index (κ3) is 6.35.